The topological polar surface area (TPSA) is 108 Å². The fourth-order valence-corrected chi connectivity index (χ4v) is 12.5. The first-order valence-corrected chi connectivity index (χ1v) is 39.2. The van der Waals surface area contributed by atoms with Crippen LogP contribution in [0.4, 0.5) is 0 Å². The number of allylic oxidation sites excluding steroid dienone is 3. The molecule has 0 heterocycles. The van der Waals surface area contributed by atoms with E-state index in [2.05, 4.69) is 31.3 Å². The van der Waals surface area contributed by atoms with Gasteiger partial charge in [0, 0.05) is 6.42 Å². The van der Waals surface area contributed by atoms with Crippen LogP contribution in [0.25, 0.3) is 0 Å². The summed E-state index contributed by atoms with van der Waals surface area (Å²) in [5.74, 6) is -0.198. The summed E-state index contributed by atoms with van der Waals surface area (Å²) >= 11 is 0. The van der Waals surface area contributed by atoms with Crippen molar-refractivity contribution in [2.75, 3.05) is 40.9 Å². The monoisotopic (exact) mass is 1210 g/mol. The van der Waals surface area contributed by atoms with Crippen LogP contribution in [0.2, 0.25) is 0 Å². The van der Waals surface area contributed by atoms with Gasteiger partial charge in [0.15, 0.2) is 0 Å². The van der Waals surface area contributed by atoms with Crippen LogP contribution in [-0.2, 0) is 18.4 Å². The Morgan fingerprint density at radius 1 is 0.405 bits per heavy atom. The zero-order valence-corrected chi connectivity index (χ0v) is 58.3. The van der Waals surface area contributed by atoms with Crippen LogP contribution in [0.1, 0.15) is 399 Å². The molecule has 0 aromatic carbocycles. The van der Waals surface area contributed by atoms with E-state index in [1.54, 1.807) is 6.08 Å². The van der Waals surface area contributed by atoms with E-state index in [-0.39, 0.29) is 19.1 Å². The molecule has 0 aliphatic rings. The molecule has 0 bridgehead atoms. The van der Waals surface area contributed by atoms with Gasteiger partial charge in [-0.05, 0) is 32.1 Å². The first-order valence-electron chi connectivity index (χ1n) is 37.7. The largest absolute Gasteiger partial charge is 0.756 e. The molecule has 0 saturated heterocycles. The lowest BCUT2D eigenvalue weighted by molar-refractivity contribution is -0.870. The van der Waals surface area contributed by atoms with Crippen molar-refractivity contribution in [2.45, 2.75) is 411 Å². The molecular weight excluding hydrogens is 1060 g/mol. The molecule has 0 rings (SSSR count). The molecule has 3 unspecified atom stereocenters. The number of nitrogens with one attached hydrogen (secondary N) is 1. The number of amides is 1. The molecule has 1 amide bonds. The minimum atomic E-state index is -4.61. The quantitative estimate of drug-likeness (QED) is 0.0272. The molecule has 84 heavy (non-hydrogen) atoms. The Kier molecular flexibility index (Phi) is 65.6. The number of phosphoric ester groups is 1. The van der Waals surface area contributed by atoms with Crippen molar-refractivity contribution in [2.24, 2.45) is 0 Å². The van der Waals surface area contributed by atoms with Gasteiger partial charge in [-0.1, -0.05) is 385 Å². The van der Waals surface area contributed by atoms with Crippen LogP contribution < -0.4 is 10.2 Å². The fraction of sp³-hybridized carbons (Fsp3) is 0.933. The van der Waals surface area contributed by atoms with Gasteiger partial charge >= 0.3 is 0 Å². The normalized spacial score (nSPS) is 13.7. The van der Waals surface area contributed by atoms with E-state index in [1.165, 1.54) is 340 Å². The Bertz CT molecular complexity index is 1420. The Hall–Kier alpha value is -1.02. The summed E-state index contributed by atoms with van der Waals surface area (Å²) in [7, 11) is 1.26. The average molecular weight is 1210 g/mol. The molecule has 3 atom stereocenters. The van der Waals surface area contributed by atoms with E-state index >= 15 is 0 Å². The van der Waals surface area contributed by atoms with Crippen molar-refractivity contribution in [1.82, 2.24) is 5.32 Å². The molecule has 8 nitrogen and oxygen atoms in total. The molecule has 0 aliphatic heterocycles. The van der Waals surface area contributed by atoms with Crippen LogP contribution in [0.5, 0.6) is 0 Å². The van der Waals surface area contributed by atoms with Gasteiger partial charge in [0.25, 0.3) is 7.82 Å². The summed E-state index contributed by atoms with van der Waals surface area (Å²) in [4.78, 5) is 25.6. The summed E-state index contributed by atoms with van der Waals surface area (Å²) in [6, 6.07) is -0.902. The van der Waals surface area contributed by atoms with E-state index in [9.17, 15) is 19.4 Å². The third kappa shape index (κ3) is 68.5. The maximum absolute atomic E-state index is 13.0. The minimum absolute atomic E-state index is 0.00338. The van der Waals surface area contributed by atoms with Crippen LogP contribution in [-0.4, -0.2) is 68.5 Å². The van der Waals surface area contributed by atoms with Crippen molar-refractivity contribution >= 4 is 13.7 Å². The Balaban J connectivity index is 3.95. The zero-order valence-electron chi connectivity index (χ0n) is 57.4. The van der Waals surface area contributed by atoms with Gasteiger partial charge in [0.1, 0.15) is 13.2 Å². The number of phosphoric acid groups is 1. The highest BCUT2D eigenvalue weighted by Crippen LogP contribution is 2.38. The van der Waals surface area contributed by atoms with Crippen molar-refractivity contribution in [3.8, 4) is 0 Å². The predicted octanol–water partition coefficient (Wildman–Crippen LogP) is 23.6. The van der Waals surface area contributed by atoms with Crippen molar-refractivity contribution in [3.63, 3.8) is 0 Å². The number of aliphatic hydroxyl groups excluding tert-OH is 1. The van der Waals surface area contributed by atoms with Gasteiger partial charge in [0.05, 0.1) is 39.9 Å². The molecule has 0 aromatic rings. The summed E-state index contributed by atoms with van der Waals surface area (Å²) < 4.78 is 23.5. The number of rotatable bonds is 71. The predicted molar refractivity (Wildman–Crippen MR) is 367 cm³/mol. The molecule has 9 heteroatoms. The second-order valence-electron chi connectivity index (χ2n) is 27.4. The summed E-state index contributed by atoms with van der Waals surface area (Å²) in [5.41, 5.74) is 0. The van der Waals surface area contributed by atoms with Gasteiger partial charge in [-0.3, -0.25) is 9.36 Å². The van der Waals surface area contributed by atoms with E-state index in [1.807, 2.05) is 27.2 Å². The molecule has 0 radical (unpaired) electrons. The Labute approximate surface area is 525 Å². The molecule has 500 valence electrons. The lowest BCUT2D eigenvalue weighted by atomic mass is 10.0. The van der Waals surface area contributed by atoms with Crippen molar-refractivity contribution in [1.29, 1.82) is 0 Å². The number of carbonyl (C=O) groups excluding carboxylic acids is 1. The lowest BCUT2D eigenvalue weighted by Gasteiger charge is -2.29. The third-order valence-electron chi connectivity index (χ3n) is 17.7. The molecule has 0 saturated carbocycles. The highest BCUT2D eigenvalue weighted by Gasteiger charge is 2.23. The van der Waals surface area contributed by atoms with Crippen LogP contribution >= 0.6 is 7.82 Å². The van der Waals surface area contributed by atoms with Crippen LogP contribution in [0, 0.1) is 0 Å². The maximum Gasteiger partial charge on any atom is 0.268 e. The summed E-state index contributed by atoms with van der Waals surface area (Å²) in [5, 5.41) is 14.0. The first kappa shape index (κ1) is 83.0. The van der Waals surface area contributed by atoms with Crippen molar-refractivity contribution in [3.05, 3.63) is 24.3 Å². The number of aliphatic hydroxyl groups is 1. The van der Waals surface area contributed by atoms with E-state index in [4.69, 9.17) is 9.05 Å². The number of hydrogen-bond acceptors (Lipinski definition) is 6. The van der Waals surface area contributed by atoms with E-state index in [0.717, 1.165) is 38.5 Å². The van der Waals surface area contributed by atoms with Gasteiger partial charge in [-0.25, -0.2) is 0 Å². The number of carbonyl (C=O) groups is 1. The van der Waals surface area contributed by atoms with Gasteiger partial charge in [-0.15, -0.1) is 0 Å². The summed E-state index contributed by atoms with van der Waals surface area (Å²) in [6.45, 7) is 4.70. The maximum atomic E-state index is 13.0. The second kappa shape index (κ2) is 66.4. The Morgan fingerprint density at radius 2 is 0.667 bits per heavy atom. The number of quaternary nitrogens is 1. The molecule has 0 aliphatic carbocycles. The molecule has 0 spiro atoms. The first-order chi connectivity index (χ1) is 41.0. The van der Waals surface area contributed by atoms with E-state index < -0.39 is 20.0 Å². The molecular formula is C75H149N2O6P. The smallest absolute Gasteiger partial charge is 0.268 e. The molecule has 0 aromatic heterocycles. The highest BCUT2D eigenvalue weighted by molar-refractivity contribution is 7.45. The number of nitrogens with zero attached hydrogens (tertiary/aromatic N) is 1. The lowest BCUT2D eigenvalue weighted by Crippen LogP contribution is -2.45. The van der Waals surface area contributed by atoms with Crippen molar-refractivity contribution < 1.29 is 32.9 Å². The number of likely N-dealkylation sites (N-methyl/N-ethyl adjacent to an activating group) is 1. The van der Waals surface area contributed by atoms with E-state index in [0.29, 0.717) is 17.4 Å². The minimum Gasteiger partial charge on any atom is -0.756 e. The number of unbranched alkanes of at least 4 members (excludes halogenated alkanes) is 56. The average Bonchev–Trinajstić information content (AvgIpc) is 3.56. The fourth-order valence-electron chi connectivity index (χ4n) is 11.8. The second-order valence-corrected chi connectivity index (χ2v) is 28.8. The van der Waals surface area contributed by atoms with Gasteiger partial charge in [0.2, 0.25) is 5.91 Å². The standard InChI is InChI=1S/C75H149N2O6P/c1-6-8-10-12-14-16-18-20-22-24-26-28-30-32-33-34-35-36-37-38-39-40-41-42-43-44-45-47-49-51-53-55-57-59-61-63-65-67-69-75(79)76-73(72-83-84(80,81)82-71-70-77(3,4)5)74(78)68-66-64-62-60-58-56-54-52-50-48-46-31-29-27-25-23-21-19-17-15-13-11-9-7-2/h58,60,66,68,73-74,78H,6-57,59,61-65,67,69-72H2,1-5H3,(H-,76,79,80,81)/b60-58+,68-66+. The Morgan fingerprint density at radius 3 is 0.964 bits per heavy atom. The third-order valence-corrected chi connectivity index (χ3v) is 18.6. The molecule has 0 fully saturated rings. The number of hydrogen-bond donors (Lipinski definition) is 2. The SMILES string of the molecule is CCCCCCCCCCCCCCCCCCCC/C=C/CC/C=C/C(O)C(COP(=O)([O-])OCC[N+](C)(C)C)NC(=O)CCCCCCCCCCCCCCCCCCCCCCCCCCCCCCCCCCCCCCCC. The molecule has 2 N–H and O–H groups in total. The summed E-state index contributed by atoms with van der Waals surface area (Å²) in [6.07, 6.45) is 87.7. The van der Waals surface area contributed by atoms with Crippen LogP contribution in [0.15, 0.2) is 24.3 Å². The van der Waals surface area contributed by atoms with Gasteiger partial charge in [-0.2, -0.15) is 0 Å². The zero-order chi connectivity index (χ0) is 61.2. The highest BCUT2D eigenvalue weighted by atomic mass is 31.2. The van der Waals surface area contributed by atoms with Crippen LogP contribution in [0.3, 0.4) is 0 Å². The van der Waals surface area contributed by atoms with Gasteiger partial charge < -0.3 is 28.8 Å².